The monoisotopic (exact) mass is 473 g/mol. The second kappa shape index (κ2) is 11.8. The summed E-state index contributed by atoms with van der Waals surface area (Å²) in [4.78, 5) is 38.9. The molecule has 3 N–H and O–H groups in total. The van der Waals surface area contributed by atoms with Crippen LogP contribution in [0.15, 0.2) is 72.8 Å². The third-order valence-corrected chi connectivity index (χ3v) is 5.37. The summed E-state index contributed by atoms with van der Waals surface area (Å²) >= 11 is 0. The van der Waals surface area contributed by atoms with Crippen LogP contribution in [0.4, 0.5) is 11.4 Å². The third kappa shape index (κ3) is 6.93. The van der Waals surface area contributed by atoms with E-state index in [0.717, 1.165) is 5.56 Å². The summed E-state index contributed by atoms with van der Waals surface area (Å²) in [6.45, 7) is 8.05. The lowest BCUT2D eigenvalue weighted by Crippen LogP contribution is -2.47. The van der Waals surface area contributed by atoms with E-state index in [0.29, 0.717) is 34.9 Å². The molecule has 0 heterocycles. The molecule has 35 heavy (non-hydrogen) atoms. The van der Waals surface area contributed by atoms with Crippen LogP contribution in [0.1, 0.15) is 47.1 Å². The van der Waals surface area contributed by atoms with Gasteiger partial charge in [-0.15, -0.1) is 0 Å². The van der Waals surface area contributed by atoms with Gasteiger partial charge in [0.15, 0.2) is 0 Å². The molecule has 3 aromatic rings. The van der Waals surface area contributed by atoms with Crippen LogP contribution in [-0.4, -0.2) is 30.4 Å². The Bertz CT molecular complexity index is 1190. The Morgan fingerprint density at radius 2 is 1.57 bits per heavy atom. The summed E-state index contributed by atoms with van der Waals surface area (Å²) in [6, 6.07) is 20.2. The normalized spacial score (nSPS) is 11.5. The highest BCUT2D eigenvalue weighted by Crippen LogP contribution is 2.19. The number of aryl methyl sites for hydroxylation is 1. The van der Waals surface area contributed by atoms with Crippen molar-refractivity contribution in [2.45, 2.75) is 33.7 Å². The number of ether oxygens (including phenoxy) is 1. The molecule has 0 radical (unpaired) electrons. The largest absolute Gasteiger partial charge is 0.494 e. The molecule has 0 aliphatic carbocycles. The van der Waals surface area contributed by atoms with Gasteiger partial charge >= 0.3 is 0 Å². The highest BCUT2D eigenvalue weighted by Gasteiger charge is 2.26. The number of hydrogen-bond acceptors (Lipinski definition) is 4. The van der Waals surface area contributed by atoms with Gasteiger partial charge in [0, 0.05) is 11.3 Å². The molecule has 0 aliphatic rings. The topological polar surface area (TPSA) is 96.5 Å². The van der Waals surface area contributed by atoms with Gasteiger partial charge in [0.2, 0.25) is 5.91 Å². The van der Waals surface area contributed by atoms with Gasteiger partial charge in [0.1, 0.15) is 11.8 Å². The summed E-state index contributed by atoms with van der Waals surface area (Å²) in [5, 5.41) is 8.49. The van der Waals surface area contributed by atoms with Crippen molar-refractivity contribution < 1.29 is 19.1 Å². The van der Waals surface area contributed by atoms with Crippen molar-refractivity contribution in [3.8, 4) is 5.75 Å². The van der Waals surface area contributed by atoms with Crippen LogP contribution >= 0.6 is 0 Å². The predicted octanol–water partition coefficient (Wildman–Crippen LogP) is 5.04. The second-order valence-electron chi connectivity index (χ2n) is 8.51. The minimum Gasteiger partial charge on any atom is -0.494 e. The molecule has 0 fully saturated rings. The van der Waals surface area contributed by atoms with Gasteiger partial charge in [-0.2, -0.15) is 0 Å². The van der Waals surface area contributed by atoms with Crippen molar-refractivity contribution in [2.75, 3.05) is 17.2 Å². The lowest BCUT2D eigenvalue weighted by molar-refractivity contribution is -0.118. The van der Waals surface area contributed by atoms with Crippen LogP contribution in [0.3, 0.4) is 0 Å². The first-order valence-corrected chi connectivity index (χ1v) is 11.6. The fraction of sp³-hybridized carbons (Fsp3) is 0.250. The van der Waals surface area contributed by atoms with Gasteiger partial charge in [0.05, 0.1) is 17.9 Å². The maximum absolute atomic E-state index is 13.2. The number of carbonyl (C=O) groups excluding carboxylic acids is 3. The van der Waals surface area contributed by atoms with E-state index in [4.69, 9.17) is 4.74 Å². The SMILES string of the molecule is CCOc1ccc(C(=O)N[C@H](C(=O)Nc2ccccc2C(=O)Nc2cccc(C)c2)C(C)C)cc1. The van der Waals surface area contributed by atoms with E-state index in [1.807, 2.05) is 45.9 Å². The molecule has 0 saturated heterocycles. The van der Waals surface area contributed by atoms with E-state index < -0.39 is 11.9 Å². The fourth-order valence-corrected chi connectivity index (χ4v) is 3.55. The average molecular weight is 474 g/mol. The lowest BCUT2D eigenvalue weighted by atomic mass is 10.0. The first kappa shape index (κ1) is 25.5. The maximum atomic E-state index is 13.2. The van der Waals surface area contributed by atoms with Crippen LogP contribution in [0, 0.1) is 12.8 Å². The molecule has 0 aromatic heterocycles. The molecule has 0 bridgehead atoms. The standard InChI is InChI=1S/C28H31N3O4/c1-5-35-22-15-13-20(14-16-22)26(32)31-25(18(2)3)28(34)30-24-12-7-6-11-23(24)27(33)29-21-10-8-9-19(4)17-21/h6-18,25H,5H2,1-4H3,(H,29,33)(H,30,34)(H,31,32)/t25-/m0/s1. The number of carbonyl (C=O) groups is 3. The zero-order chi connectivity index (χ0) is 25.4. The van der Waals surface area contributed by atoms with Gasteiger partial charge in [-0.25, -0.2) is 0 Å². The maximum Gasteiger partial charge on any atom is 0.257 e. The number of amides is 3. The van der Waals surface area contributed by atoms with Crippen molar-refractivity contribution in [1.29, 1.82) is 0 Å². The third-order valence-electron chi connectivity index (χ3n) is 5.37. The zero-order valence-corrected chi connectivity index (χ0v) is 20.4. The van der Waals surface area contributed by atoms with E-state index in [1.54, 1.807) is 54.6 Å². The van der Waals surface area contributed by atoms with Crippen molar-refractivity contribution in [3.05, 3.63) is 89.5 Å². The number of hydrogen-bond donors (Lipinski definition) is 3. The Morgan fingerprint density at radius 1 is 0.857 bits per heavy atom. The summed E-state index contributed by atoms with van der Waals surface area (Å²) in [5.41, 5.74) is 2.79. The average Bonchev–Trinajstić information content (AvgIpc) is 2.83. The van der Waals surface area contributed by atoms with Crippen molar-refractivity contribution in [3.63, 3.8) is 0 Å². The number of rotatable bonds is 9. The van der Waals surface area contributed by atoms with E-state index in [9.17, 15) is 14.4 Å². The highest BCUT2D eigenvalue weighted by molar-refractivity contribution is 6.11. The second-order valence-corrected chi connectivity index (χ2v) is 8.51. The minimum absolute atomic E-state index is 0.185. The summed E-state index contributed by atoms with van der Waals surface area (Å²) in [7, 11) is 0. The number of benzene rings is 3. The van der Waals surface area contributed by atoms with Crippen LogP contribution in [0.25, 0.3) is 0 Å². The zero-order valence-electron chi connectivity index (χ0n) is 20.4. The first-order valence-electron chi connectivity index (χ1n) is 11.6. The van der Waals surface area contributed by atoms with E-state index in [-0.39, 0.29) is 17.7 Å². The van der Waals surface area contributed by atoms with E-state index in [2.05, 4.69) is 16.0 Å². The molecule has 0 spiro atoms. The van der Waals surface area contributed by atoms with E-state index >= 15 is 0 Å². The summed E-state index contributed by atoms with van der Waals surface area (Å²) in [5.74, 6) is -0.633. The van der Waals surface area contributed by atoms with E-state index in [1.165, 1.54) is 0 Å². The molecule has 1 atom stereocenters. The van der Waals surface area contributed by atoms with Gasteiger partial charge in [-0.05, 0) is 73.9 Å². The molecular formula is C28H31N3O4. The van der Waals surface area contributed by atoms with Gasteiger partial charge in [-0.3, -0.25) is 14.4 Å². The summed E-state index contributed by atoms with van der Waals surface area (Å²) < 4.78 is 5.41. The smallest absolute Gasteiger partial charge is 0.257 e. The number of anilines is 2. The highest BCUT2D eigenvalue weighted by atomic mass is 16.5. The molecule has 7 nitrogen and oxygen atoms in total. The minimum atomic E-state index is -0.804. The van der Waals surface area contributed by atoms with Crippen LogP contribution in [-0.2, 0) is 4.79 Å². The van der Waals surface area contributed by atoms with Gasteiger partial charge in [0.25, 0.3) is 11.8 Å². The van der Waals surface area contributed by atoms with Gasteiger partial charge < -0.3 is 20.7 Å². The van der Waals surface area contributed by atoms with Crippen LogP contribution in [0.5, 0.6) is 5.75 Å². The molecule has 0 unspecified atom stereocenters. The number of para-hydroxylation sites is 1. The molecule has 0 saturated carbocycles. The summed E-state index contributed by atoms with van der Waals surface area (Å²) in [6.07, 6.45) is 0. The fourth-order valence-electron chi connectivity index (χ4n) is 3.55. The molecule has 182 valence electrons. The Hall–Kier alpha value is -4.13. The van der Waals surface area contributed by atoms with Crippen LogP contribution in [0.2, 0.25) is 0 Å². The lowest BCUT2D eigenvalue weighted by Gasteiger charge is -2.22. The quantitative estimate of drug-likeness (QED) is 0.406. The molecule has 7 heteroatoms. The first-order chi connectivity index (χ1) is 16.8. The predicted molar refractivity (Wildman–Crippen MR) is 138 cm³/mol. The molecule has 3 aromatic carbocycles. The molecule has 0 aliphatic heterocycles. The molecule has 3 amide bonds. The van der Waals surface area contributed by atoms with Crippen molar-refractivity contribution in [2.24, 2.45) is 5.92 Å². The Balaban J connectivity index is 1.73. The van der Waals surface area contributed by atoms with Gasteiger partial charge in [-0.1, -0.05) is 38.1 Å². The Labute approximate surface area is 205 Å². The molecule has 3 rings (SSSR count). The van der Waals surface area contributed by atoms with Crippen molar-refractivity contribution >= 4 is 29.1 Å². The Morgan fingerprint density at radius 3 is 2.23 bits per heavy atom. The van der Waals surface area contributed by atoms with Crippen LogP contribution < -0.4 is 20.7 Å². The Kier molecular flexibility index (Phi) is 8.62. The van der Waals surface area contributed by atoms with Crippen molar-refractivity contribution in [1.82, 2.24) is 5.32 Å². The molecular weight excluding hydrogens is 442 g/mol. The number of nitrogens with one attached hydrogen (secondary N) is 3.